The van der Waals surface area contributed by atoms with Gasteiger partial charge in [0.2, 0.25) is 15.9 Å². The van der Waals surface area contributed by atoms with Crippen LogP contribution >= 0.6 is 0 Å². The Morgan fingerprint density at radius 3 is 2.68 bits per heavy atom. The predicted octanol–water partition coefficient (Wildman–Crippen LogP) is 0.337. The number of nitrogens with one attached hydrogen (secondary N) is 2. The summed E-state index contributed by atoms with van der Waals surface area (Å²) in [5.41, 5.74) is 0. The predicted molar refractivity (Wildman–Crippen MR) is 70.9 cm³/mol. The average Bonchev–Trinajstić information content (AvgIpc) is 2.90. The Hall–Kier alpha value is -1.41. The summed E-state index contributed by atoms with van der Waals surface area (Å²) in [6.45, 7) is 4.48. The van der Waals surface area contributed by atoms with Crippen LogP contribution in [0.5, 0.6) is 0 Å². The van der Waals surface area contributed by atoms with Crippen molar-refractivity contribution in [3.8, 4) is 0 Å². The van der Waals surface area contributed by atoms with E-state index in [1.807, 2.05) is 13.8 Å². The summed E-state index contributed by atoms with van der Waals surface area (Å²) in [6, 6.07) is 0. The Kier molecular flexibility index (Phi) is 5.97. The van der Waals surface area contributed by atoms with Gasteiger partial charge in [0.1, 0.15) is 4.90 Å². The number of carbonyl (C=O) groups is 1. The van der Waals surface area contributed by atoms with Crippen LogP contribution in [0.2, 0.25) is 0 Å². The van der Waals surface area contributed by atoms with Crippen LogP contribution < -0.4 is 5.32 Å². The van der Waals surface area contributed by atoms with Gasteiger partial charge in [0, 0.05) is 19.3 Å². The molecular weight excluding hydrogens is 268 g/mol. The molecule has 0 aliphatic rings. The molecule has 1 rings (SSSR count). The number of amides is 1. The first-order chi connectivity index (χ1) is 9.02. The average molecular weight is 288 g/mol. The summed E-state index contributed by atoms with van der Waals surface area (Å²) < 4.78 is 25.7. The third-order valence-corrected chi connectivity index (χ3v) is 4.29. The van der Waals surface area contributed by atoms with Crippen molar-refractivity contribution >= 4 is 15.9 Å². The topological polar surface area (TPSA) is 95.2 Å². The first-order valence-corrected chi connectivity index (χ1v) is 7.72. The number of carbonyl (C=O) groups excluding carboxylic acids is 1. The fraction of sp³-hybridized carbons (Fsp3) is 0.636. The molecule has 2 N–H and O–H groups in total. The van der Waals surface area contributed by atoms with Crippen molar-refractivity contribution in [1.82, 2.24) is 19.8 Å². The van der Waals surface area contributed by atoms with Crippen LogP contribution in [-0.4, -0.2) is 48.5 Å². The molecule has 0 aliphatic heterocycles. The molecular formula is C11H20N4O3S. The zero-order valence-electron chi connectivity index (χ0n) is 11.2. The van der Waals surface area contributed by atoms with Gasteiger partial charge < -0.3 is 5.32 Å². The second-order valence-electron chi connectivity index (χ2n) is 4.12. The van der Waals surface area contributed by atoms with Crippen molar-refractivity contribution in [3.05, 3.63) is 12.4 Å². The fourth-order valence-electron chi connectivity index (χ4n) is 1.54. The molecule has 0 fully saturated rings. The van der Waals surface area contributed by atoms with Gasteiger partial charge in [-0.05, 0) is 12.8 Å². The molecule has 1 amide bonds. The number of H-pyrrole nitrogens is 1. The summed E-state index contributed by atoms with van der Waals surface area (Å²) >= 11 is 0. The van der Waals surface area contributed by atoms with Crippen molar-refractivity contribution in [2.24, 2.45) is 0 Å². The minimum absolute atomic E-state index is 0.0734. The third-order valence-electron chi connectivity index (χ3n) is 2.48. The van der Waals surface area contributed by atoms with Gasteiger partial charge >= 0.3 is 0 Å². The number of hydrogen-bond acceptors (Lipinski definition) is 4. The van der Waals surface area contributed by atoms with Crippen LogP contribution in [0.1, 0.15) is 26.7 Å². The fourth-order valence-corrected chi connectivity index (χ4v) is 2.94. The Balaban J connectivity index is 2.80. The van der Waals surface area contributed by atoms with E-state index < -0.39 is 10.0 Å². The summed E-state index contributed by atoms with van der Waals surface area (Å²) in [5, 5.41) is 8.76. The minimum atomic E-state index is -3.66. The number of nitrogens with zero attached hydrogens (tertiary/aromatic N) is 2. The maximum Gasteiger partial charge on any atom is 0.246 e. The standard InChI is InChI=1S/C11H20N4O3S/c1-3-5-12-11(16)9-15(6-4-2)19(17,18)10-7-13-14-8-10/h7-8H,3-6,9H2,1-2H3,(H,12,16)(H,13,14). The van der Waals surface area contributed by atoms with E-state index in [9.17, 15) is 13.2 Å². The molecule has 19 heavy (non-hydrogen) atoms. The summed E-state index contributed by atoms with van der Waals surface area (Å²) in [5.74, 6) is -0.289. The molecule has 0 spiro atoms. The third kappa shape index (κ3) is 4.32. The molecule has 108 valence electrons. The Morgan fingerprint density at radius 1 is 1.42 bits per heavy atom. The first kappa shape index (κ1) is 15.6. The van der Waals surface area contributed by atoms with Gasteiger partial charge in [-0.15, -0.1) is 0 Å². The second-order valence-corrected chi connectivity index (χ2v) is 6.06. The quantitative estimate of drug-likeness (QED) is 0.721. The maximum absolute atomic E-state index is 12.3. The van der Waals surface area contributed by atoms with Crippen molar-refractivity contribution in [3.63, 3.8) is 0 Å². The van der Waals surface area contributed by atoms with Crippen LogP contribution in [0.3, 0.4) is 0 Å². The van der Waals surface area contributed by atoms with E-state index >= 15 is 0 Å². The van der Waals surface area contributed by atoms with Crippen molar-refractivity contribution in [1.29, 1.82) is 0 Å². The van der Waals surface area contributed by atoms with Crippen LogP contribution in [0.4, 0.5) is 0 Å². The van der Waals surface area contributed by atoms with E-state index in [0.29, 0.717) is 19.5 Å². The maximum atomic E-state index is 12.3. The molecule has 0 saturated carbocycles. The van der Waals surface area contributed by atoms with Crippen LogP contribution in [-0.2, 0) is 14.8 Å². The highest BCUT2D eigenvalue weighted by molar-refractivity contribution is 7.89. The molecule has 7 nitrogen and oxygen atoms in total. The van der Waals surface area contributed by atoms with Gasteiger partial charge in [0.25, 0.3) is 0 Å². The number of aromatic amines is 1. The Labute approximate surface area is 113 Å². The van der Waals surface area contributed by atoms with E-state index in [1.165, 1.54) is 16.7 Å². The molecule has 0 bridgehead atoms. The molecule has 0 unspecified atom stereocenters. The summed E-state index contributed by atoms with van der Waals surface area (Å²) in [4.78, 5) is 11.7. The van der Waals surface area contributed by atoms with E-state index in [0.717, 1.165) is 6.42 Å². The smallest absolute Gasteiger partial charge is 0.246 e. The Morgan fingerprint density at radius 2 is 2.16 bits per heavy atom. The van der Waals surface area contributed by atoms with Gasteiger partial charge in [-0.25, -0.2) is 8.42 Å². The lowest BCUT2D eigenvalue weighted by Gasteiger charge is -2.20. The summed E-state index contributed by atoms with van der Waals surface area (Å²) in [6.07, 6.45) is 4.00. The number of aromatic nitrogens is 2. The number of rotatable bonds is 8. The lowest BCUT2D eigenvalue weighted by Crippen LogP contribution is -2.41. The van der Waals surface area contributed by atoms with E-state index in [-0.39, 0.29) is 17.3 Å². The molecule has 1 aromatic rings. The van der Waals surface area contributed by atoms with Crippen LogP contribution in [0.15, 0.2) is 17.3 Å². The molecule has 0 radical (unpaired) electrons. The molecule has 0 aliphatic carbocycles. The molecule has 8 heteroatoms. The minimum Gasteiger partial charge on any atom is -0.355 e. The normalized spacial score (nSPS) is 11.7. The monoisotopic (exact) mass is 288 g/mol. The summed E-state index contributed by atoms with van der Waals surface area (Å²) in [7, 11) is -3.66. The highest BCUT2D eigenvalue weighted by Crippen LogP contribution is 2.13. The van der Waals surface area contributed by atoms with E-state index in [1.54, 1.807) is 0 Å². The van der Waals surface area contributed by atoms with Gasteiger partial charge in [-0.2, -0.15) is 9.40 Å². The van der Waals surface area contributed by atoms with Gasteiger partial charge in [-0.1, -0.05) is 13.8 Å². The largest absolute Gasteiger partial charge is 0.355 e. The van der Waals surface area contributed by atoms with E-state index in [4.69, 9.17) is 0 Å². The van der Waals surface area contributed by atoms with Crippen molar-refractivity contribution in [2.45, 2.75) is 31.6 Å². The zero-order valence-corrected chi connectivity index (χ0v) is 12.0. The Bertz CT molecular complexity index is 484. The van der Waals surface area contributed by atoms with Crippen molar-refractivity contribution in [2.75, 3.05) is 19.6 Å². The first-order valence-electron chi connectivity index (χ1n) is 6.28. The lowest BCUT2D eigenvalue weighted by molar-refractivity contribution is -0.121. The highest BCUT2D eigenvalue weighted by Gasteiger charge is 2.26. The van der Waals surface area contributed by atoms with Gasteiger partial charge in [-0.3, -0.25) is 9.89 Å². The van der Waals surface area contributed by atoms with Crippen LogP contribution in [0.25, 0.3) is 0 Å². The van der Waals surface area contributed by atoms with Crippen LogP contribution in [0, 0.1) is 0 Å². The molecule has 0 atom stereocenters. The lowest BCUT2D eigenvalue weighted by atomic mass is 10.4. The molecule has 0 aromatic carbocycles. The molecule has 0 saturated heterocycles. The molecule has 1 aromatic heterocycles. The zero-order chi connectivity index (χ0) is 14.3. The SMILES string of the molecule is CCCNC(=O)CN(CCC)S(=O)(=O)c1cn[nH]c1. The van der Waals surface area contributed by atoms with Gasteiger partial charge in [0.05, 0.1) is 12.7 Å². The van der Waals surface area contributed by atoms with Crippen molar-refractivity contribution < 1.29 is 13.2 Å². The second kappa shape index (κ2) is 7.25. The molecule has 1 heterocycles. The number of sulfonamides is 1. The van der Waals surface area contributed by atoms with Gasteiger partial charge in [0.15, 0.2) is 0 Å². The number of hydrogen-bond donors (Lipinski definition) is 2. The van der Waals surface area contributed by atoms with E-state index in [2.05, 4.69) is 15.5 Å². The highest BCUT2D eigenvalue weighted by atomic mass is 32.2.